The highest BCUT2D eigenvalue weighted by Crippen LogP contribution is 2.35. The summed E-state index contributed by atoms with van der Waals surface area (Å²) < 4.78 is 25.1. The second kappa shape index (κ2) is 4.96. The van der Waals surface area contributed by atoms with E-state index in [0.717, 1.165) is 18.4 Å². The van der Waals surface area contributed by atoms with E-state index >= 15 is 0 Å². The molecule has 0 bridgehead atoms. The lowest BCUT2D eigenvalue weighted by Crippen LogP contribution is -2.34. The minimum atomic E-state index is -2.31. The SMILES string of the molecule is CC(c1cccnc1N)N(CC(F)F)C1CC1. The first kappa shape index (κ1) is 12.2. The Bertz CT molecular complexity index is 380. The average molecular weight is 241 g/mol. The van der Waals surface area contributed by atoms with Gasteiger partial charge in [-0.1, -0.05) is 6.07 Å². The first-order valence-corrected chi connectivity index (χ1v) is 5.84. The highest BCUT2D eigenvalue weighted by atomic mass is 19.3. The Labute approximate surface area is 99.6 Å². The second-order valence-corrected chi connectivity index (χ2v) is 4.47. The second-order valence-electron chi connectivity index (χ2n) is 4.47. The minimum Gasteiger partial charge on any atom is -0.383 e. The molecule has 3 nitrogen and oxygen atoms in total. The molecule has 2 N–H and O–H groups in total. The molecule has 1 atom stereocenters. The van der Waals surface area contributed by atoms with Crippen molar-refractivity contribution in [1.29, 1.82) is 0 Å². The Balaban J connectivity index is 2.15. The zero-order chi connectivity index (χ0) is 12.4. The van der Waals surface area contributed by atoms with Crippen molar-refractivity contribution in [3.8, 4) is 0 Å². The monoisotopic (exact) mass is 241 g/mol. The molecule has 94 valence electrons. The summed E-state index contributed by atoms with van der Waals surface area (Å²) in [5.41, 5.74) is 6.62. The molecule has 0 aliphatic heterocycles. The average Bonchev–Trinajstić information content (AvgIpc) is 3.09. The van der Waals surface area contributed by atoms with Crippen LogP contribution in [0.4, 0.5) is 14.6 Å². The fourth-order valence-electron chi connectivity index (χ4n) is 2.15. The van der Waals surface area contributed by atoms with E-state index in [0.29, 0.717) is 5.82 Å². The van der Waals surface area contributed by atoms with E-state index in [1.165, 1.54) is 0 Å². The van der Waals surface area contributed by atoms with Gasteiger partial charge in [0.25, 0.3) is 6.43 Å². The molecule has 1 saturated carbocycles. The molecule has 1 fully saturated rings. The summed E-state index contributed by atoms with van der Waals surface area (Å²) in [6.45, 7) is 1.72. The third-order valence-electron chi connectivity index (χ3n) is 3.18. The maximum absolute atomic E-state index is 12.6. The van der Waals surface area contributed by atoms with Crippen LogP contribution in [0, 0.1) is 0 Å². The van der Waals surface area contributed by atoms with Crippen LogP contribution in [0.25, 0.3) is 0 Å². The number of alkyl halides is 2. The van der Waals surface area contributed by atoms with Crippen molar-refractivity contribution in [3.05, 3.63) is 23.9 Å². The fourth-order valence-corrected chi connectivity index (χ4v) is 2.15. The van der Waals surface area contributed by atoms with Crippen LogP contribution in [0.3, 0.4) is 0 Å². The summed E-state index contributed by atoms with van der Waals surface area (Å²) in [6, 6.07) is 3.81. The van der Waals surface area contributed by atoms with E-state index in [4.69, 9.17) is 5.73 Å². The maximum Gasteiger partial charge on any atom is 0.251 e. The van der Waals surface area contributed by atoms with Gasteiger partial charge in [-0.3, -0.25) is 4.90 Å². The van der Waals surface area contributed by atoms with Gasteiger partial charge in [0.15, 0.2) is 0 Å². The molecule has 0 aromatic carbocycles. The van der Waals surface area contributed by atoms with Crippen molar-refractivity contribution in [2.24, 2.45) is 0 Å². The van der Waals surface area contributed by atoms with Gasteiger partial charge >= 0.3 is 0 Å². The molecule has 1 aliphatic rings. The van der Waals surface area contributed by atoms with E-state index in [-0.39, 0.29) is 18.6 Å². The van der Waals surface area contributed by atoms with Gasteiger partial charge in [0.05, 0.1) is 6.54 Å². The smallest absolute Gasteiger partial charge is 0.251 e. The van der Waals surface area contributed by atoms with Gasteiger partial charge in [-0.15, -0.1) is 0 Å². The topological polar surface area (TPSA) is 42.1 Å². The highest BCUT2D eigenvalue weighted by Gasteiger charge is 2.34. The van der Waals surface area contributed by atoms with Crippen molar-refractivity contribution >= 4 is 5.82 Å². The summed E-state index contributed by atoms with van der Waals surface area (Å²) in [4.78, 5) is 5.84. The molecule has 1 aromatic rings. The zero-order valence-corrected chi connectivity index (χ0v) is 9.81. The first-order valence-electron chi connectivity index (χ1n) is 5.84. The predicted octanol–water partition coefficient (Wildman–Crippen LogP) is 2.45. The number of aromatic nitrogens is 1. The zero-order valence-electron chi connectivity index (χ0n) is 9.81. The molecule has 2 rings (SSSR count). The quantitative estimate of drug-likeness (QED) is 0.861. The number of pyridine rings is 1. The van der Waals surface area contributed by atoms with Crippen molar-refractivity contribution in [3.63, 3.8) is 0 Å². The number of hydrogen-bond donors (Lipinski definition) is 1. The molecule has 0 amide bonds. The number of nitrogens with zero attached hydrogens (tertiary/aromatic N) is 2. The molecular formula is C12H17F2N3. The standard InChI is InChI=1S/C12H17F2N3/c1-8(10-3-2-6-16-12(10)15)17(7-11(13)14)9-4-5-9/h2-3,6,8-9,11H,4-5,7H2,1H3,(H2,15,16). The fraction of sp³-hybridized carbons (Fsp3) is 0.583. The number of nitrogen functional groups attached to an aromatic ring is 1. The van der Waals surface area contributed by atoms with Gasteiger partial charge in [0.2, 0.25) is 0 Å². The van der Waals surface area contributed by atoms with E-state index < -0.39 is 6.43 Å². The summed E-state index contributed by atoms with van der Waals surface area (Å²) in [7, 11) is 0. The van der Waals surface area contributed by atoms with Crippen LogP contribution in [-0.2, 0) is 0 Å². The lowest BCUT2D eigenvalue weighted by Gasteiger charge is -2.29. The van der Waals surface area contributed by atoms with Crippen LogP contribution in [0.1, 0.15) is 31.4 Å². The number of nitrogens with two attached hydrogens (primary N) is 1. The van der Waals surface area contributed by atoms with Crippen LogP contribution >= 0.6 is 0 Å². The van der Waals surface area contributed by atoms with Crippen LogP contribution in [0.15, 0.2) is 18.3 Å². The summed E-state index contributed by atoms with van der Waals surface area (Å²) in [6.07, 6.45) is 1.30. The molecule has 1 unspecified atom stereocenters. The molecule has 1 aliphatic carbocycles. The summed E-state index contributed by atoms with van der Waals surface area (Å²) in [5, 5.41) is 0. The van der Waals surface area contributed by atoms with Gasteiger partial charge in [0, 0.05) is 23.8 Å². The number of hydrogen-bond acceptors (Lipinski definition) is 3. The number of rotatable bonds is 5. The molecule has 1 aromatic heterocycles. The molecule has 0 spiro atoms. The Hall–Kier alpha value is -1.23. The van der Waals surface area contributed by atoms with E-state index in [1.54, 1.807) is 12.3 Å². The number of halogens is 2. The third kappa shape index (κ3) is 2.91. The Morgan fingerprint density at radius 2 is 2.24 bits per heavy atom. The maximum atomic E-state index is 12.6. The molecule has 0 radical (unpaired) electrons. The molecule has 0 saturated heterocycles. The minimum absolute atomic E-state index is 0.106. The van der Waals surface area contributed by atoms with Gasteiger partial charge in [-0.05, 0) is 25.8 Å². The predicted molar refractivity (Wildman–Crippen MR) is 62.8 cm³/mol. The van der Waals surface area contributed by atoms with E-state index in [1.807, 2.05) is 17.9 Å². The lowest BCUT2D eigenvalue weighted by molar-refractivity contribution is 0.0644. The molecule has 17 heavy (non-hydrogen) atoms. The largest absolute Gasteiger partial charge is 0.383 e. The van der Waals surface area contributed by atoms with Crippen molar-refractivity contribution in [2.45, 2.75) is 38.3 Å². The van der Waals surface area contributed by atoms with Gasteiger partial charge < -0.3 is 5.73 Å². The van der Waals surface area contributed by atoms with Crippen molar-refractivity contribution < 1.29 is 8.78 Å². The Morgan fingerprint density at radius 3 is 2.76 bits per heavy atom. The summed E-state index contributed by atoms with van der Waals surface area (Å²) in [5.74, 6) is 0.430. The van der Waals surface area contributed by atoms with Gasteiger partial charge in [0.1, 0.15) is 5.82 Å². The first-order chi connectivity index (χ1) is 8.09. The van der Waals surface area contributed by atoms with Crippen LogP contribution in [-0.4, -0.2) is 28.9 Å². The normalized spacial score (nSPS) is 17.7. The molecule has 1 heterocycles. The lowest BCUT2D eigenvalue weighted by atomic mass is 10.1. The Morgan fingerprint density at radius 1 is 1.53 bits per heavy atom. The van der Waals surface area contributed by atoms with E-state index in [2.05, 4.69) is 4.98 Å². The third-order valence-corrected chi connectivity index (χ3v) is 3.18. The van der Waals surface area contributed by atoms with Crippen molar-refractivity contribution in [1.82, 2.24) is 9.88 Å². The van der Waals surface area contributed by atoms with Gasteiger partial charge in [-0.2, -0.15) is 0 Å². The Kier molecular flexibility index (Phi) is 3.57. The van der Waals surface area contributed by atoms with Crippen LogP contribution in [0.2, 0.25) is 0 Å². The number of anilines is 1. The van der Waals surface area contributed by atoms with E-state index in [9.17, 15) is 8.78 Å². The molecule has 5 heteroatoms. The van der Waals surface area contributed by atoms with Gasteiger partial charge in [-0.25, -0.2) is 13.8 Å². The van der Waals surface area contributed by atoms with Crippen LogP contribution in [0.5, 0.6) is 0 Å². The summed E-state index contributed by atoms with van der Waals surface area (Å²) >= 11 is 0. The van der Waals surface area contributed by atoms with Crippen LogP contribution < -0.4 is 5.73 Å². The molecular weight excluding hydrogens is 224 g/mol. The highest BCUT2D eigenvalue weighted by molar-refractivity contribution is 5.40. The van der Waals surface area contributed by atoms with Crippen molar-refractivity contribution in [2.75, 3.05) is 12.3 Å².